The van der Waals surface area contributed by atoms with Crippen LogP contribution in [-0.4, -0.2) is 44.8 Å². The third kappa shape index (κ3) is 2.61. The number of benzene rings is 2. The minimum absolute atomic E-state index is 0.0675. The number of nitrogens with zero attached hydrogens (tertiary/aromatic N) is 2. The lowest BCUT2D eigenvalue weighted by Gasteiger charge is -2.20. The molecular formula is C17H20N2O2. The van der Waals surface area contributed by atoms with Crippen LogP contribution in [0.1, 0.15) is 27.6 Å². The molecule has 0 bridgehead atoms. The number of amides is 1. The Labute approximate surface area is 125 Å². The van der Waals surface area contributed by atoms with Gasteiger partial charge in [0.05, 0.1) is 0 Å². The molecule has 0 radical (unpaired) electrons. The molecule has 1 amide bonds. The molecule has 0 fully saturated rings. The Kier molecular flexibility index (Phi) is 4.26. The standard InChI is InChI=1S/C17H20N2O2/c1-5-19(4)17(21)14-9-10-15(18(2)3)13-8-6-7-12(11-20)16(13)14/h6-11H,5H2,1-4H3. The monoisotopic (exact) mass is 284 g/mol. The van der Waals surface area contributed by atoms with E-state index in [0.29, 0.717) is 17.7 Å². The molecule has 4 heteroatoms. The maximum atomic E-state index is 12.5. The van der Waals surface area contributed by atoms with Crippen molar-refractivity contribution in [1.82, 2.24) is 4.90 Å². The van der Waals surface area contributed by atoms with Gasteiger partial charge < -0.3 is 9.80 Å². The van der Waals surface area contributed by atoms with Gasteiger partial charge in [-0.15, -0.1) is 0 Å². The van der Waals surface area contributed by atoms with Gasteiger partial charge in [-0.2, -0.15) is 0 Å². The molecule has 0 aromatic heterocycles. The molecule has 110 valence electrons. The number of rotatable bonds is 4. The van der Waals surface area contributed by atoms with Crippen molar-refractivity contribution < 1.29 is 9.59 Å². The van der Waals surface area contributed by atoms with Crippen LogP contribution in [-0.2, 0) is 0 Å². The highest BCUT2D eigenvalue weighted by Gasteiger charge is 2.18. The lowest BCUT2D eigenvalue weighted by atomic mass is 9.97. The predicted molar refractivity (Wildman–Crippen MR) is 86.3 cm³/mol. The van der Waals surface area contributed by atoms with Gasteiger partial charge in [-0.1, -0.05) is 18.2 Å². The molecule has 21 heavy (non-hydrogen) atoms. The van der Waals surface area contributed by atoms with Crippen LogP contribution in [0.5, 0.6) is 0 Å². The van der Waals surface area contributed by atoms with E-state index in [1.165, 1.54) is 0 Å². The highest BCUT2D eigenvalue weighted by molar-refractivity contribution is 6.15. The zero-order valence-electron chi connectivity index (χ0n) is 12.9. The van der Waals surface area contributed by atoms with Gasteiger partial charge in [-0.25, -0.2) is 0 Å². The number of aldehydes is 1. The quantitative estimate of drug-likeness (QED) is 0.811. The molecule has 0 N–H and O–H groups in total. The van der Waals surface area contributed by atoms with E-state index < -0.39 is 0 Å². The first-order valence-corrected chi connectivity index (χ1v) is 6.95. The van der Waals surface area contributed by atoms with Crippen LogP contribution in [0.4, 0.5) is 5.69 Å². The Morgan fingerprint density at radius 1 is 1.14 bits per heavy atom. The van der Waals surface area contributed by atoms with Gasteiger partial charge in [-0.05, 0) is 19.1 Å². The van der Waals surface area contributed by atoms with E-state index in [9.17, 15) is 9.59 Å². The molecular weight excluding hydrogens is 264 g/mol. The van der Waals surface area contributed by atoms with Crippen molar-refractivity contribution in [2.45, 2.75) is 6.92 Å². The van der Waals surface area contributed by atoms with Gasteiger partial charge in [0.2, 0.25) is 0 Å². The Balaban J connectivity index is 2.81. The number of carbonyl (C=O) groups excluding carboxylic acids is 2. The number of hydrogen-bond acceptors (Lipinski definition) is 3. The van der Waals surface area contributed by atoms with E-state index in [4.69, 9.17) is 0 Å². The average Bonchev–Trinajstić information content (AvgIpc) is 2.51. The largest absolute Gasteiger partial charge is 0.377 e. The Bertz CT molecular complexity index is 692. The summed E-state index contributed by atoms with van der Waals surface area (Å²) in [6.07, 6.45) is 0.810. The van der Waals surface area contributed by atoms with Crippen molar-refractivity contribution in [3.05, 3.63) is 41.5 Å². The molecule has 0 atom stereocenters. The summed E-state index contributed by atoms with van der Waals surface area (Å²) >= 11 is 0. The topological polar surface area (TPSA) is 40.6 Å². The smallest absolute Gasteiger partial charge is 0.254 e. The summed E-state index contributed by atoms with van der Waals surface area (Å²) in [4.78, 5) is 27.5. The summed E-state index contributed by atoms with van der Waals surface area (Å²) in [5, 5.41) is 1.64. The second kappa shape index (κ2) is 5.95. The van der Waals surface area contributed by atoms with Crippen molar-refractivity contribution in [3.63, 3.8) is 0 Å². The molecule has 4 nitrogen and oxygen atoms in total. The van der Waals surface area contributed by atoms with Gasteiger partial charge in [0.1, 0.15) is 0 Å². The van der Waals surface area contributed by atoms with E-state index in [2.05, 4.69) is 0 Å². The van der Waals surface area contributed by atoms with Crippen LogP contribution < -0.4 is 4.90 Å². The summed E-state index contributed by atoms with van der Waals surface area (Å²) in [6.45, 7) is 2.55. The Morgan fingerprint density at radius 2 is 1.86 bits per heavy atom. The molecule has 0 aliphatic carbocycles. The zero-order chi connectivity index (χ0) is 15.6. The molecule has 0 unspecified atom stereocenters. The number of hydrogen-bond donors (Lipinski definition) is 0. The zero-order valence-corrected chi connectivity index (χ0v) is 12.9. The lowest BCUT2D eigenvalue weighted by molar-refractivity contribution is 0.0804. The second-order valence-electron chi connectivity index (χ2n) is 5.23. The first kappa shape index (κ1) is 15.0. The van der Waals surface area contributed by atoms with Gasteiger partial charge in [0.15, 0.2) is 6.29 Å². The van der Waals surface area contributed by atoms with Gasteiger partial charge >= 0.3 is 0 Å². The van der Waals surface area contributed by atoms with E-state index >= 15 is 0 Å². The fraction of sp³-hybridized carbons (Fsp3) is 0.294. The summed E-state index contributed by atoms with van der Waals surface area (Å²) in [6, 6.07) is 9.27. The molecule has 0 saturated carbocycles. The Hall–Kier alpha value is -2.36. The molecule has 0 aliphatic heterocycles. The second-order valence-corrected chi connectivity index (χ2v) is 5.23. The van der Waals surface area contributed by atoms with Crippen molar-refractivity contribution in [2.75, 3.05) is 32.6 Å². The van der Waals surface area contributed by atoms with Gasteiger partial charge in [0, 0.05) is 55.3 Å². The van der Waals surface area contributed by atoms with Crippen LogP contribution >= 0.6 is 0 Å². The summed E-state index contributed by atoms with van der Waals surface area (Å²) < 4.78 is 0. The molecule has 2 aromatic carbocycles. The van der Waals surface area contributed by atoms with Crippen molar-refractivity contribution >= 4 is 28.7 Å². The summed E-state index contributed by atoms with van der Waals surface area (Å²) in [5.41, 5.74) is 2.11. The number of anilines is 1. The SMILES string of the molecule is CCN(C)C(=O)c1ccc(N(C)C)c2cccc(C=O)c12. The third-order valence-electron chi connectivity index (χ3n) is 3.71. The minimum Gasteiger partial charge on any atom is -0.377 e. The van der Waals surface area contributed by atoms with Gasteiger partial charge in [-0.3, -0.25) is 9.59 Å². The first-order valence-electron chi connectivity index (χ1n) is 6.95. The number of fused-ring (bicyclic) bond motifs is 1. The Morgan fingerprint density at radius 3 is 2.43 bits per heavy atom. The maximum Gasteiger partial charge on any atom is 0.254 e. The predicted octanol–water partition coefficient (Wildman–Crippen LogP) is 2.81. The van der Waals surface area contributed by atoms with Crippen molar-refractivity contribution in [1.29, 1.82) is 0 Å². The summed E-state index contributed by atoms with van der Waals surface area (Å²) in [5.74, 6) is -0.0675. The highest BCUT2D eigenvalue weighted by Crippen LogP contribution is 2.31. The molecule has 2 aromatic rings. The van der Waals surface area contributed by atoms with E-state index in [1.807, 2.05) is 44.1 Å². The minimum atomic E-state index is -0.0675. The number of carbonyl (C=O) groups is 2. The average molecular weight is 284 g/mol. The van der Waals surface area contributed by atoms with E-state index in [1.54, 1.807) is 24.1 Å². The van der Waals surface area contributed by atoms with Crippen LogP contribution in [0, 0.1) is 0 Å². The van der Waals surface area contributed by atoms with Crippen LogP contribution in [0.3, 0.4) is 0 Å². The molecule has 0 heterocycles. The molecule has 0 saturated heterocycles. The third-order valence-corrected chi connectivity index (χ3v) is 3.71. The highest BCUT2D eigenvalue weighted by atomic mass is 16.2. The van der Waals surface area contributed by atoms with Crippen LogP contribution in [0.15, 0.2) is 30.3 Å². The lowest BCUT2D eigenvalue weighted by Crippen LogP contribution is -2.26. The molecule has 0 aliphatic rings. The fourth-order valence-electron chi connectivity index (χ4n) is 2.44. The molecule has 0 spiro atoms. The van der Waals surface area contributed by atoms with E-state index in [-0.39, 0.29) is 5.91 Å². The van der Waals surface area contributed by atoms with Crippen molar-refractivity contribution in [2.24, 2.45) is 0 Å². The van der Waals surface area contributed by atoms with Crippen molar-refractivity contribution in [3.8, 4) is 0 Å². The molecule has 2 rings (SSSR count). The normalized spacial score (nSPS) is 10.5. The van der Waals surface area contributed by atoms with Crippen LogP contribution in [0.2, 0.25) is 0 Å². The summed E-state index contributed by atoms with van der Waals surface area (Å²) in [7, 11) is 5.65. The maximum absolute atomic E-state index is 12.5. The first-order chi connectivity index (χ1) is 10.0. The van der Waals surface area contributed by atoms with Gasteiger partial charge in [0.25, 0.3) is 5.91 Å². The van der Waals surface area contributed by atoms with E-state index in [0.717, 1.165) is 22.7 Å². The van der Waals surface area contributed by atoms with Crippen LogP contribution in [0.25, 0.3) is 10.8 Å². The fourth-order valence-corrected chi connectivity index (χ4v) is 2.44.